The Kier molecular flexibility index (Phi) is 5.12. The van der Waals surface area contributed by atoms with Crippen LogP contribution in [0.5, 0.6) is 0 Å². The first-order chi connectivity index (χ1) is 9.56. The van der Waals surface area contributed by atoms with Crippen molar-refractivity contribution in [3.63, 3.8) is 0 Å². The fraction of sp³-hybridized carbons (Fsp3) is 0.562. The Balaban J connectivity index is 1.81. The lowest BCUT2D eigenvalue weighted by atomic mass is 9.83. The maximum absolute atomic E-state index is 13.4. The van der Waals surface area contributed by atoms with Crippen LogP contribution in [-0.2, 0) is 11.3 Å². The normalized spacial score (nSPS) is 22.6. The van der Waals surface area contributed by atoms with Gasteiger partial charge in [-0.3, -0.25) is 4.79 Å². The standard InChI is InChI=1S/C16H23FN2O/c1-11-6-7-12(8-14(11)17)10-19-16(20)9-13-4-2-3-5-15(13)18/h6-8,13,15H,2-5,9-10,18H2,1H3,(H,19,20). The van der Waals surface area contributed by atoms with Crippen LogP contribution in [0.15, 0.2) is 18.2 Å². The summed E-state index contributed by atoms with van der Waals surface area (Å²) in [5.41, 5.74) is 7.45. The third-order valence-electron chi connectivity index (χ3n) is 4.14. The van der Waals surface area contributed by atoms with E-state index in [2.05, 4.69) is 5.32 Å². The number of carbonyl (C=O) groups is 1. The summed E-state index contributed by atoms with van der Waals surface area (Å²) in [6.45, 7) is 2.10. The van der Waals surface area contributed by atoms with Gasteiger partial charge in [-0.25, -0.2) is 4.39 Å². The molecule has 0 bridgehead atoms. The minimum absolute atomic E-state index is 0.00772. The minimum Gasteiger partial charge on any atom is -0.352 e. The van der Waals surface area contributed by atoms with Gasteiger partial charge in [0.2, 0.25) is 5.91 Å². The summed E-state index contributed by atoms with van der Waals surface area (Å²) >= 11 is 0. The van der Waals surface area contributed by atoms with Gasteiger partial charge in [0.15, 0.2) is 0 Å². The number of amides is 1. The number of aryl methyl sites for hydroxylation is 1. The summed E-state index contributed by atoms with van der Waals surface area (Å²) in [6.07, 6.45) is 4.86. The Morgan fingerprint density at radius 3 is 2.85 bits per heavy atom. The highest BCUT2D eigenvalue weighted by molar-refractivity contribution is 5.76. The molecule has 4 heteroatoms. The number of nitrogens with two attached hydrogens (primary N) is 1. The minimum atomic E-state index is -0.231. The molecular formula is C16H23FN2O. The van der Waals surface area contributed by atoms with E-state index >= 15 is 0 Å². The zero-order valence-electron chi connectivity index (χ0n) is 12.0. The van der Waals surface area contributed by atoms with Crippen molar-refractivity contribution in [2.24, 2.45) is 11.7 Å². The molecule has 1 aliphatic carbocycles. The van der Waals surface area contributed by atoms with E-state index in [4.69, 9.17) is 5.73 Å². The lowest BCUT2D eigenvalue weighted by molar-refractivity contribution is -0.122. The van der Waals surface area contributed by atoms with Gasteiger partial charge >= 0.3 is 0 Å². The van der Waals surface area contributed by atoms with Crippen molar-refractivity contribution >= 4 is 5.91 Å². The highest BCUT2D eigenvalue weighted by atomic mass is 19.1. The zero-order chi connectivity index (χ0) is 14.5. The van der Waals surface area contributed by atoms with Crippen molar-refractivity contribution in [1.29, 1.82) is 0 Å². The predicted octanol–water partition coefficient (Wildman–Crippen LogP) is 2.66. The molecule has 0 spiro atoms. The second kappa shape index (κ2) is 6.84. The Morgan fingerprint density at radius 1 is 1.40 bits per heavy atom. The third kappa shape index (κ3) is 4.04. The van der Waals surface area contributed by atoms with E-state index in [9.17, 15) is 9.18 Å². The molecule has 2 unspecified atom stereocenters. The van der Waals surface area contributed by atoms with Crippen LogP contribution in [0.4, 0.5) is 4.39 Å². The van der Waals surface area contributed by atoms with E-state index in [1.807, 2.05) is 6.07 Å². The highest BCUT2D eigenvalue weighted by Crippen LogP contribution is 2.25. The van der Waals surface area contributed by atoms with Crippen LogP contribution >= 0.6 is 0 Å². The Hall–Kier alpha value is -1.42. The van der Waals surface area contributed by atoms with Gasteiger partial charge in [0.1, 0.15) is 5.82 Å². The molecule has 2 atom stereocenters. The fourth-order valence-electron chi connectivity index (χ4n) is 2.75. The quantitative estimate of drug-likeness (QED) is 0.889. The molecule has 1 aliphatic rings. The molecule has 1 aromatic carbocycles. The van der Waals surface area contributed by atoms with Gasteiger partial charge in [0, 0.05) is 19.0 Å². The lowest BCUT2D eigenvalue weighted by Crippen LogP contribution is -2.37. The summed E-state index contributed by atoms with van der Waals surface area (Å²) in [6, 6.07) is 5.19. The molecule has 1 aromatic rings. The molecule has 110 valence electrons. The first-order valence-corrected chi connectivity index (χ1v) is 7.33. The third-order valence-corrected chi connectivity index (χ3v) is 4.14. The summed E-state index contributed by atoms with van der Waals surface area (Å²) in [5, 5.41) is 2.85. The van der Waals surface area contributed by atoms with E-state index in [1.165, 1.54) is 12.5 Å². The molecule has 1 saturated carbocycles. The summed E-state index contributed by atoms with van der Waals surface area (Å²) in [7, 11) is 0. The van der Waals surface area contributed by atoms with Crippen LogP contribution in [0.3, 0.4) is 0 Å². The van der Waals surface area contributed by atoms with Crippen molar-refractivity contribution < 1.29 is 9.18 Å². The monoisotopic (exact) mass is 278 g/mol. The molecule has 3 N–H and O–H groups in total. The van der Waals surface area contributed by atoms with Gasteiger partial charge in [-0.1, -0.05) is 25.0 Å². The molecule has 1 amide bonds. The molecule has 0 saturated heterocycles. The highest BCUT2D eigenvalue weighted by Gasteiger charge is 2.23. The van der Waals surface area contributed by atoms with Gasteiger partial charge in [-0.05, 0) is 42.9 Å². The SMILES string of the molecule is Cc1ccc(CNC(=O)CC2CCCCC2N)cc1F. The maximum Gasteiger partial charge on any atom is 0.220 e. The Bertz CT molecular complexity index is 476. The van der Waals surface area contributed by atoms with Crippen molar-refractivity contribution in [3.8, 4) is 0 Å². The topological polar surface area (TPSA) is 55.1 Å². The van der Waals surface area contributed by atoms with Crippen molar-refractivity contribution in [2.45, 2.75) is 51.6 Å². The number of nitrogens with one attached hydrogen (secondary N) is 1. The number of halogens is 1. The number of benzene rings is 1. The van der Waals surface area contributed by atoms with Gasteiger partial charge in [0.05, 0.1) is 0 Å². The van der Waals surface area contributed by atoms with Crippen molar-refractivity contribution in [1.82, 2.24) is 5.32 Å². The molecule has 0 radical (unpaired) electrons. The molecule has 1 fully saturated rings. The second-order valence-electron chi connectivity index (χ2n) is 5.77. The first kappa shape index (κ1) is 15.0. The number of rotatable bonds is 4. The van der Waals surface area contributed by atoms with E-state index < -0.39 is 0 Å². The smallest absolute Gasteiger partial charge is 0.220 e. The average Bonchev–Trinajstić information content (AvgIpc) is 2.43. The molecule has 0 aromatic heterocycles. The van der Waals surface area contributed by atoms with E-state index in [0.717, 1.165) is 24.8 Å². The van der Waals surface area contributed by atoms with Crippen LogP contribution in [0, 0.1) is 18.7 Å². The van der Waals surface area contributed by atoms with E-state index in [-0.39, 0.29) is 17.8 Å². The van der Waals surface area contributed by atoms with Crippen LogP contribution in [0.25, 0.3) is 0 Å². The van der Waals surface area contributed by atoms with Crippen molar-refractivity contribution in [2.75, 3.05) is 0 Å². The van der Waals surface area contributed by atoms with Crippen molar-refractivity contribution in [3.05, 3.63) is 35.1 Å². The molecule has 0 aliphatic heterocycles. The molecule has 2 rings (SSSR count). The fourth-order valence-corrected chi connectivity index (χ4v) is 2.75. The molecule has 0 heterocycles. The summed E-state index contributed by atoms with van der Waals surface area (Å²) in [4.78, 5) is 11.9. The zero-order valence-corrected chi connectivity index (χ0v) is 12.0. The summed E-state index contributed by atoms with van der Waals surface area (Å²) in [5.74, 6) is 0.0675. The van der Waals surface area contributed by atoms with E-state index in [0.29, 0.717) is 24.4 Å². The number of hydrogen-bond donors (Lipinski definition) is 2. The lowest BCUT2D eigenvalue weighted by Gasteiger charge is -2.27. The molecule has 3 nitrogen and oxygen atoms in total. The van der Waals surface area contributed by atoms with Gasteiger partial charge in [0.25, 0.3) is 0 Å². The van der Waals surface area contributed by atoms with Crippen LogP contribution in [-0.4, -0.2) is 11.9 Å². The van der Waals surface area contributed by atoms with Crippen LogP contribution < -0.4 is 11.1 Å². The van der Waals surface area contributed by atoms with Gasteiger partial charge in [-0.2, -0.15) is 0 Å². The first-order valence-electron chi connectivity index (χ1n) is 7.33. The maximum atomic E-state index is 13.4. The molecular weight excluding hydrogens is 255 g/mol. The number of carbonyl (C=O) groups excluding carboxylic acids is 1. The molecule has 20 heavy (non-hydrogen) atoms. The van der Waals surface area contributed by atoms with Crippen LogP contribution in [0.2, 0.25) is 0 Å². The van der Waals surface area contributed by atoms with Gasteiger partial charge in [-0.15, -0.1) is 0 Å². The van der Waals surface area contributed by atoms with Gasteiger partial charge < -0.3 is 11.1 Å². The Morgan fingerprint density at radius 2 is 2.15 bits per heavy atom. The average molecular weight is 278 g/mol. The second-order valence-corrected chi connectivity index (χ2v) is 5.77. The summed E-state index contributed by atoms with van der Waals surface area (Å²) < 4.78 is 13.4. The predicted molar refractivity (Wildman–Crippen MR) is 77.5 cm³/mol. The van der Waals surface area contributed by atoms with E-state index in [1.54, 1.807) is 13.0 Å². The van der Waals surface area contributed by atoms with Crippen LogP contribution in [0.1, 0.15) is 43.2 Å². The number of hydrogen-bond acceptors (Lipinski definition) is 2. The largest absolute Gasteiger partial charge is 0.352 e. The Labute approximate surface area is 119 Å².